The normalized spacial score (nSPS) is 30.3. The average Bonchev–Trinajstić information content (AvgIpc) is 3.02. The highest BCUT2D eigenvalue weighted by Crippen LogP contribution is 2.27. The van der Waals surface area contributed by atoms with E-state index in [0.29, 0.717) is 17.9 Å². The van der Waals surface area contributed by atoms with Gasteiger partial charge in [-0.25, -0.2) is 0 Å². The van der Waals surface area contributed by atoms with Gasteiger partial charge in [-0.1, -0.05) is 0 Å². The number of likely N-dealkylation sites (tertiary alicyclic amines) is 1. The maximum absolute atomic E-state index is 6.28. The van der Waals surface area contributed by atoms with Gasteiger partial charge in [-0.2, -0.15) is 0 Å². The minimum absolute atomic E-state index is 0.0328. The number of nitrogens with one attached hydrogen (secondary N) is 1. The molecule has 2 saturated heterocycles. The highest BCUT2D eigenvalue weighted by atomic mass is 16.5. The summed E-state index contributed by atoms with van der Waals surface area (Å²) in [5, 5.41) is 3.67. The van der Waals surface area contributed by atoms with Crippen molar-refractivity contribution in [1.29, 1.82) is 0 Å². The quantitative estimate of drug-likeness (QED) is 0.780. The molecule has 1 unspecified atom stereocenters. The van der Waals surface area contributed by atoms with Crippen LogP contribution in [0.4, 0.5) is 0 Å². The van der Waals surface area contributed by atoms with Crippen LogP contribution < -0.4 is 5.32 Å². The van der Waals surface area contributed by atoms with Gasteiger partial charge in [0, 0.05) is 19.1 Å². The summed E-state index contributed by atoms with van der Waals surface area (Å²) in [6, 6.07) is 0.560. The van der Waals surface area contributed by atoms with Crippen LogP contribution in [0.25, 0.3) is 0 Å². The summed E-state index contributed by atoms with van der Waals surface area (Å²) < 4.78 is 12.2. The lowest BCUT2D eigenvalue weighted by Gasteiger charge is -2.30. The van der Waals surface area contributed by atoms with Crippen molar-refractivity contribution in [2.75, 3.05) is 39.9 Å². The standard InChI is InChI=1S/C19H38N2O2/c1-18(2,3)22-14-16-9-17(20-11-16)10-19(4,5)23-13-15-7-8-21(6)12-15/h15-17,20H,7-14H2,1-6H3/t15-,16+,17?/m0/s1. The minimum Gasteiger partial charge on any atom is -0.376 e. The van der Waals surface area contributed by atoms with Crippen molar-refractivity contribution >= 4 is 0 Å². The molecule has 0 aromatic heterocycles. The molecule has 4 nitrogen and oxygen atoms in total. The van der Waals surface area contributed by atoms with Crippen LogP contribution in [0.15, 0.2) is 0 Å². The fourth-order valence-corrected chi connectivity index (χ4v) is 3.71. The van der Waals surface area contributed by atoms with Crippen molar-refractivity contribution in [3.63, 3.8) is 0 Å². The highest BCUT2D eigenvalue weighted by molar-refractivity contribution is 4.87. The fourth-order valence-electron chi connectivity index (χ4n) is 3.71. The minimum atomic E-state index is -0.0431. The van der Waals surface area contributed by atoms with Gasteiger partial charge in [0.25, 0.3) is 0 Å². The van der Waals surface area contributed by atoms with E-state index in [4.69, 9.17) is 9.47 Å². The topological polar surface area (TPSA) is 33.7 Å². The highest BCUT2D eigenvalue weighted by Gasteiger charge is 2.32. The number of nitrogens with zero attached hydrogens (tertiary/aromatic N) is 1. The van der Waals surface area contributed by atoms with Crippen molar-refractivity contribution in [2.24, 2.45) is 11.8 Å². The summed E-state index contributed by atoms with van der Waals surface area (Å²) in [5.74, 6) is 1.35. The Morgan fingerprint density at radius 3 is 2.35 bits per heavy atom. The lowest BCUT2D eigenvalue weighted by molar-refractivity contribution is -0.0449. The molecule has 23 heavy (non-hydrogen) atoms. The van der Waals surface area contributed by atoms with Gasteiger partial charge in [-0.15, -0.1) is 0 Å². The molecule has 0 radical (unpaired) electrons. The molecule has 2 heterocycles. The molecule has 3 atom stereocenters. The van der Waals surface area contributed by atoms with Gasteiger partial charge in [0.2, 0.25) is 0 Å². The molecule has 0 aromatic rings. The van der Waals surface area contributed by atoms with Gasteiger partial charge >= 0.3 is 0 Å². The molecule has 136 valence electrons. The second-order valence-electron chi connectivity index (χ2n) is 9.32. The number of hydrogen-bond acceptors (Lipinski definition) is 4. The maximum Gasteiger partial charge on any atom is 0.0641 e. The van der Waals surface area contributed by atoms with Gasteiger partial charge in [0.1, 0.15) is 0 Å². The van der Waals surface area contributed by atoms with E-state index in [0.717, 1.165) is 26.2 Å². The van der Waals surface area contributed by atoms with E-state index >= 15 is 0 Å². The van der Waals surface area contributed by atoms with Crippen LogP contribution in [0.5, 0.6) is 0 Å². The summed E-state index contributed by atoms with van der Waals surface area (Å²) in [6.45, 7) is 16.1. The van der Waals surface area contributed by atoms with E-state index < -0.39 is 0 Å². The Morgan fingerprint density at radius 1 is 1.04 bits per heavy atom. The predicted molar refractivity (Wildman–Crippen MR) is 95.9 cm³/mol. The molecule has 4 heteroatoms. The second kappa shape index (κ2) is 7.81. The van der Waals surface area contributed by atoms with Crippen molar-refractivity contribution in [1.82, 2.24) is 10.2 Å². The molecule has 2 rings (SSSR count). The Morgan fingerprint density at radius 2 is 1.74 bits per heavy atom. The Kier molecular flexibility index (Phi) is 6.51. The van der Waals surface area contributed by atoms with Crippen molar-refractivity contribution in [3.05, 3.63) is 0 Å². The summed E-state index contributed by atoms with van der Waals surface area (Å²) in [5.41, 5.74) is -0.0759. The van der Waals surface area contributed by atoms with Crippen LogP contribution in [0.2, 0.25) is 0 Å². The van der Waals surface area contributed by atoms with E-state index in [2.05, 4.69) is 51.9 Å². The molecule has 0 saturated carbocycles. The van der Waals surface area contributed by atoms with E-state index in [1.807, 2.05) is 0 Å². The zero-order chi connectivity index (χ0) is 17.1. The van der Waals surface area contributed by atoms with Crippen LogP contribution in [0.3, 0.4) is 0 Å². The van der Waals surface area contributed by atoms with Crippen LogP contribution in [-0.4, -0.2) is 62.0 Å². The monoisotopic (exact) mass is 326 g/mol. The summed E-state index contributed by atoms with van der Waals surface area (Å²) in [4.78, 5) is 2.40. The van der Waals surface area contributed by atoms with E-state index in [1.165, 1.54) is 25.9 Å². The first-order valence-electron chi connectivity index (χ1n) is 9.33. The van der Waals surface area contributed by atoms with Crippen LogP contribution in [-0.2, 0) is 9.47 Å². The Hall–Kier alpha value is -0.160. The molecular weight excluding hydrogens is 288 g/mol. The molecule has 1 N–H and O–H groups in total. The Labute approximate surface area is 143 Å². The number of hydrogen-bond donors (Lipinski definition) is 1. The third kappa shape index (κ3) is 7.08. The zero-order valence-corrected chi connectivity index (χ0v) is 16.2. The predicted octanol–water partition coefficient (Wildman–Crippen LogP) is 2.92. The Bertz CT molecular complexity index is 365. The molecule has 0 aliphatic carbocycles. The summed E-state index contributed by atoms with van der Waals surface area (Å²) in [7, 11) is 2.20. The van der Waals surface area contributed by atoms with Crippen LogP contribution in [0.1, 0.15) is 53.9 Å². The van der Waals surface area contributed by atoms with Gasteiger partial charge < -0.3 is 19.7 Å². The third-order valence-electron chi connectivity index (χ3n) is 5.00. The van der Waals surface area contributed by atoms with Gasteiger partial charge in [-0.05, 0) is 79.3 Å². The molecule has 2 fully saturated rings. The van der Waals surface area contributed by atoms with Crippen LogP contribution in [0, 0.1) is 11.8 Å². The van der Waals surface area contributed by atoms with Gasteiger partial charge in [0.15, 0.2) is 0 Å². The molecule has 0 spiro atoms. The molecule has 0 bridgehead atoms. The van der Waals surface area contributed by atoms with Crippen molar-refractivity contribution in [2.45, 2.75) is 71.1 Å². The first kappa shape index (κ1) is 19.2. The number of ether oxygens (including phenoxy) is 2. The van der Waals surface area contributed by atoms with Gasteiger partial charge in [0.05, 0.1) is 24.4 Å². The maximum atomic E-state index is 6.28. The lowest BCUT2D eigenvalue weighted by Crippen LogP contribution is -2.36. The van der Waals surface area contributed by atoms with E-state index in [1.54, 1.807) is 0 Å². The first-order valence-corrected chi connectivity index (χ1v) is 9.33. The fraction of sp³-hybridized carbons (Fsp3) is 1.00. The molecule has 2 aliphatic rings. The molecule has 0 aromatic carbocycles. The smallest absolute Gasteiger partial charge is 0.0641 e. The third-order valence-corrected chi connectivity index (χ3v) is 5.00. The lowest BCUT2D eigenvalue weighted by atomic mass is 9.95. The van der Waals surface area contributed by atoms with Crippen LogP contribution >= 0.6 is 0 Å². The van der Waals surface area contributed by atoms with Crippen molar-refractivity contribution in [3.8, 4) is 0 Å². The SMILES string of the molecule is CN1CC[C@H](COC(C)(C)CC2C[C@@H](COC(C)(C)C)CN2)C1. The molecule has 0 amide bonds. The summed E-state index contributed by atoms with van der Waals surface area (Å²) >= 11 is 0. The van der Waals surface area contributed by atoms with E-state index in [-0.39, 0.29) is 11.2 Å². The molecule has 2 aliphatic heterocycles. The largest absolute Gasteiger partial charge is 0.376 e. The Balaban J connectivity index is 1.67. The molecular formula is C19H38N2O2. The van der Waals surface area contributed by atoms with Crippen molar-refractivity contribution < 1.29 is 9.47 Å². The number of rotatable bonds is 7. The summed E-state index contributed by atoms with van der Waals surface area (Å²) in [6.07, 6.45) is 3.57. The average molecular weight is 327 g/mol. The first-order chi connectivity index (χ1) is 10.6. The van der Waals surface area contributed by atoms with Gasteiger partial charge in [-0.3, -0.25) is 0 Å². The van der Waals surface area contributed by atoms with E-state index in [9.17, 15) is 0 Å². The zero-order valence-electron chi connectivity index (χ0n) is 16.2. The second-order valence-corrected chi connectivity index (χ2v) is 9.32.